The Bertz CT molecular complexity index is 842. The van der Waals surface area contributed by atoms with Gasteiger partial charge in [-0.2, -0.15) is 0 Å². The molecule has 0 spiro atoms. The van der Waals surface area contributed by atoms with E-state index in [1.807, 2.05) is 6.07 Å². The Morgan fingerprint density at radius 3 is 2.74 bits per heavy atom. The van der Waals surface area contributed by atoms with E-state index in [0.717, 1.165) is 19.5 Å². The van der Waals surface area contributed by atoms with Crippen molar-refractivity contribution < 1.29 is 19.0 Å². The molecule has 1 N–H and O–H groups in total. The van der Waals surface area contributed by atoms with E-state index >= 15 is 0 Å². The van der Waals surface area contributed by atoms with Gasteiger partial charge in [0.1, 0.15) is 6.61 Å². The highest BCUT2D eigenvalue weighted by Gasteiger charge is 2.28. The highest BCUT2D eigenvalue weighted by atomic mass is 19.1. The Labute approximate surface area is 158 Å². The summed E-state index contributed by atoms with van der Waals surface area (Å²) in [7, 11) is 0. The van der Waals surface area contributed by atoms with Gasteiger partial charge in [0.2, 0.25) is 0 Å². The minimum Gasteiger partial charge on any atom is -0.488 e. The second-order valence-corrected chi connectivity index (χ2v) is 7.12. The molecule has 0 fully saturated rings. The molecule has 2 heterocycles. The predicted octanol–water partition coefficient (Wildman–Crippen LogP) is 2.08. The van der Waals surface area contributed by atoms with Crippen molar-refractivity contribution in [2.24, 2.45) is 0 Å². The fourth-order valence-electron chi connectivity index (χ4n) is 3.85. The fraction of sp³-hybridized carbons (Fsp3) is 0.381. The first-order chi connectivity index (χ1) is 13.1. The third-order valence-corrected chi connectivity index (χ3v) is 5.20. The maximum Gasteiger partial charge on any atom is 0.257 e. The largest absolute Gasteiger partial charge is 0.488 e. The third kappa shape index (κ3) is 3.82. The Balaban J connectivity index is 1.40. The van der Waals surface area contributed by atoms with Crippen molar-refractivity contribution in [3.63, 3.8) is 0 Å². The number of hydrogen-bond donors (Lipinski definition) is 1. The number of β-amino-alcohol motifs (C(OH)–C–C–N with tert-alkyl or cyclic N) is 1. The molecule has 0 radical (unpaired) electrons. The summed E-state index contributed by atoms with van der Waals surface area (Å²) in [5.74, 6) is -0.826. The normalized spacial score (nSPS) is 18.3. The minimum atomic E-state index is -0.672. The molecule has 1 atom stereocenters. The second kappa shape index (κ2) is 7.66. The second-order valence-electron chi connectivity index (χ2n) is 7.12. The summed E-state index contributed by atoms with van der Waals surface area (Å²) in [6, 6.07) is 12.7. The summed E-state index contributed by atoms with van der Waals surface area (Å²) in [6.45, 7) is 2.93. The number of rotatable bonds is 4. The Kier molecular flexibility index (Phi) is 5.09. The number of benzene rings is 2. The van der Waals surface area contributed by atoms with Crippen LogP contribution in [0, 0.1) is 5.82 Å². The van der Waals surface area contributed by atoms with E-state index in [2.05, 4.69) is 23.1 Å². The van der Waals surface area contributed by atoms with Crippen LogP contribution in [0.5, 0.6) is 5.75 Å². The number of nitrogens with zero attached hydrogens (tertiary/aromatic N) is 2. The summed E-state index contributed by atoms with van der Waals surface area (Å²) in [6.07, 6.45) is 0.292. The first-order valence-corrected chi connectivity index (χ1v) is 9.29. The van der Waals surface area contributed by atoms with Gasteiger partial charge in [0.25, 0.3) is 5.91 Å². The molecule has 0 saturated carbocycles. The molecule has 6 heteroatoms. The fourth-order valence-corrected chi connectivity index (χ4v) is 3.85. The zero-order chi connectivity index (χ0) is 18.8. The van der Waals surface area contributed by atoms with Gasteiger partial charge in [-0.3, -0.25) is 9.69 Å². The van der Waals surface area contributed by atoms with Gasteiger partial charge in [0.15, 0.2) is 11.6 Å². The van der Waals surface area contributed by atoms with Gasteiger partial charge >= 0.3 is 0 Å². The Morgan fingerprint density at radius 2 is 1.89 bits per heavy atom. The summed E-state index contributed by atoms with van der Waals surface area (Å²) in [4.78, 5) is 16.5. The van der Waals surface area contributed by atoms with E-state index in [9.17, 15) is 14.3 Å². The number of aliphatic hydroxyl groups excluding tert-OH is 1. The van der Waals surface area contributed by atoms with Crippen LogP contribution >= 0.6 is 0 Å². The van der Waals surface area contributed by atoms with Crippen LogP contribution in [-0.2, 0) is 13.0 Å². The lowest BCUT2D eigenvalue weighted by Gasteiger charge is -2.32. The van der Waals surface area contributed by atoms with Gasteiger partial charge in [-0.25, -0.2) is 4.39 Å². The molecule has 4 rings (SSSR count). The summed E-state index contributed by atoms with van der Waals surface area (Å²) >= 11 is 0. The quantitative estimate of drug-likeness (QED) is 0.895. The molecule has 5 nitrogen and oxygen atoms in total. The molecule has 2 aromatic carbocycles. The van der Waals surface area contributed by atoms with Crippen molar-refractivity contribution in [1.29, 1.82) is 0 Å². The first kappa shape index (κ1) is 17.9. The minimum absolute atomic E-state index is 0.00660. The molecular formula is C21H23FN2O3. The molecule has 0 saturated heterocycles. The van der Waals surface area contributed by atoms with Crippen LogP contribution in [0.3, 0.4) is 0 Å². The van der Waals surface area contributed by atoms with Crippen LogP contribution in [0.15, 0.2) is 42.5 Å². The van der Waals surface area contributed by atoms with Crippen LogP contribution in [0.25, 0.3) is 0 Å². The van der Waals surface area contributed by atoms with E-state index in [-0.39, 0.29) is 30.4 Å². The lowest BCUT2D eigenvalue weighted by Crippen LogP contribution is -2.44. The number of fused-ring (bicyclic) bond motifs is 2. The van der Waals surface area contributed by atoms with E-state index in [0.29, 0.717) is 13.1 Å². The molecule has 0 aromatic heterocycles. The molecule has 1 unspecified atom stereocenters. The summed E-state index contributed by atoms with van der Waals surface area (Å²) in [5, 5.41) is 10.6. The van der Waals surface area contributed by atoms with Gasteiger partial charge < -0.3 is 14.7 Å². The monoisotopic (exact) mass is 370 g/mol. The van der Waals surface area contributed by atoms with Crippen molar-refractivity contribution in [2.45, 2.75) is 19.1 Å². The Hall–Kier alpha value is -2.44. The van der Waals surface area contributed by atoms with Crippen LogP contribution in [0.4, 0.5) is 4.39 Å². The summed E-state index contributed by atoms with van der Waals surface area (Å²) < 4.78 is 19.3. The van der Waals surface area contributed by atoms with E-state index < -0.39 is 11.9 Å². The first-order valence-electron chi connectivity index (χ1n) is 9.29. The van der Waals surface area contributed by atoms with Crippen LogP contribution in [-0.4, -0.2) is 59.7 Å². The lowest BCUT2D eigenvalue weighted by atomic mass is 10.00. The maximum atomic E-state index is 13.9. The average Bonchev–Trinajstić information content (AvgIpc) is 2.82. The van der Waals surface area contributed by atoms with Gasteiger partial charge in [-0.15, -0.1) is 0 Å². The number of hydrogen-bond acceptors (Lipinski definition) is 4. The predicted molar refractivity (Wildman–Crippen MR) is 99.2 cm³/mol. The zero-order valence-corrected chi connectivity index (χ0v) is 15.1. The number of carbonyl (C=O) groups excluding carboxylic acids is 1. The smallest absolute Gasteiger partial charge is 0.257 e. The Morgan fingerprint density at radius 1 is 1.07 bits per heavy atom. The SMILES string of the molecule is O=C1c2cccc(F)c2OCCN1CC(O)CN1CCc2ccccc2C1. The number of aliphatic hydroxyl groups is 1. The third-order valence-electron chi connectivity index (χ3n) is 5.20. The zero-order valence-electron chi connectivity index (χ0n) is 15.1. The van der Waals surface area contributed by atoms with Crippen LogP contribution < -0.4 is 4.74 Å². The average molecular weight is 370 g/mol. The van der Waals surface area contributed by atoms with Crippen molar-refractivity contribution >= 4 is 5.91 Å². The van der Waals surface area contributed by atoms with Gasteiger partial charge in [-0.1, -0.05) is 30.3 Å². The van der Waals surface area contributed by atoms with Gasteiger partial charge in [-0.05, 0) is 29.7 Å². The van der Waals surface area contributed by atoms with Gasteiger partial charge in [0.05, 0.1) is 18.2 Å². The molecule has 142 valence electrons. The number of ether oxygens (including phenoxy) is 1. The van der Waals surface area contributed by atoms with Crippen molar-refractivity contribution in [3.05, 3.63) is 65.0 Å². The molecule has 2 aromatic rings. The molecule has 0 bridgehead atoms. The molecule has 2 aliphatic heterocycles. The number of halogens is 1. The molecular weight excluding hydrogens is 347 g/mol. The van der Waals surface area contributed by atoms with Crippen LogP contribution in [0.1, 0.15) is 21.5 Å². The maximum absolute atomic E-state index is 13.9. The molecule has 1 amide bonds. The highest BCUT2D eigenvalue weighted by molar-refractivity contribution is 5.97. The van der Waals surface area contributed by atoms with E-state index in [1.165, 1.54) is 23.3 Å². The number of carbonyl (C=O) groups is 1. The van der Waals surface area contributed by atoms with Crippen molar-refractivity contribution in [1.82, 2.24) is 9.80 Å². The standard InChI is InChI=1S/C21H23FN2O3/c22-19-7-3-6-18-20(19)27-11-10-24(21(18)26)14-17(25)13-23-9-8-15-4-1-2-5-16(15)12-23/h1-7,17,25H,8-14H2. The molecule has 0 aliphatic carbocycles. The van der Waals surface area contributed by atoms with E-state index in [4.69, 9.17) is 4.74 Å². The van der Waals surface area contributed by atoms with E-state index in [1.54, 1.807) is 11.0 Å². The lowest BCUT2D eigenvalue weighted by molar-refractivity contribution is 0.0501. The number of amides is 1. The highest BCUT2D eigenvalue weighted by Crippen LogP contribution is 2.26. The van der Waals surface area contributed by atoms with Gasteiger partial charge in [0, 0.05) is 26.2 Å². The van der Waals surface area contributed by atoms with Crippen LogP contribution in [0.2, 0.25) is 0 Å². The number of para-hydroxylation sites is 1. The molecule has 2 aliphatic rings. The topological polar surface area (TPSA) is 53.0 Å². The molecule has 27 heavy (non-hydrogen) atoms. The van der Waals surface area contributed by atoms with Crippen molar-refractivity contribution in [2.75, 3.05) is 32.8 Å². The summed E-state index contributed by atoms with van der Waals surface area (Å²) in [5.41, 5.74) is 2.87. The van der Waals surface area contributed by atoms with Crippen molar-refractivity contribution in [3.8, 4) is 5.75 Å².